The molecule has 0 aliphatic heterocycles. The minimum atomic E-state index is 0.599. The number of rotatable bonds is 1. The first-order chi connectivity index (χ1) is 8.70. The van der Waals surface area contributed by atoms with Gasteiger partial charge in [0.05, 0.1) is 0 Å². The van der Waals surface area contributed by atoms with Gasteiger partial charge in [0.1, 0.15) is 0 Å². The lowest BCUT2D eigenvalue weighted by molar-refractivity contribution is 0.670. The quantitative estimate of drug-likeness (QED) is 0.711. The third-order valence-electron chi connectivity index (χ3n) is 4.34. The van der Waals surface area contributed by atoms with Crippen LogP contribution in [0.2, 0.25) is 0 Å². The maximum absolute atomic E-state index is 4.32. The molecular weight excluding hydrogens is 218 g/mol. The Bertz CT molecular complexity index is 596. The van der Waals surface area contributed by atoms with Gasteiger partial charge >= 0.3 is 0 Å². The second kappa shape index (κ2) is 4.38. The minimum Gasteiger partial charge on any atom is -0.264 e. The van der Waals surface area contributed by atoms with Crippen LogP contribution in [0.15, 0.2) is 18.5 Å². The number of hydrogen-bond acceptors (Lipinski definition) is 1. The van der Waals surface area contributed by atoms with E-state index in [2.05, 4.69) is 31.8 Å². The average Bonchev–Trinajstić information content (AvgIpc) is 2.39. The Morgan fingerprint density at radius 3 is 2.50 bits per heavy atom. The summed E-state index contributed by atoms with van der Waals surface area (Å²) in [4.78, 5) is 4.32. The number of hydrogen-bond donors (Lipinski definition) is 0. The molecule has 1 aromatic heterocycles. The number of benzene rings is 1. The van der Waals surface area contributed by atoms with Crippen LogP contribution in [0.4, 0.5) is 0 Å². The second-order valence-corrected chi connectivity index (χ2v) is 5.78. The van der Waals surface area contributed by atoms with Crippen LogP contribution >= 0.6 is 0 Å². The lowest BCUT2D eigenvalue weighted by Gasteiger charge is -2.26. The van der Waals surface area contributed by atoms with Crippen LogP contribution in [0, 0.1) is 6.92 Å². The summed E-state index contributed by atoms with van der Waals surface area (Å²) in [5.41, 5.74) is 6.31. The predicted molar refractivity (Wildman–Crippen MR) is 77.2 cm³/mol. The first-order valence-electron chi connectivity index (χ1n) is 7.08. The molecule has 1 nitrogen and oxygen atoms in total. The summed E-state index contributed by atoms with van der Waals surface area (Å²) >= 11 is 0. The van der Waals surface area contributed by atoms with Gasteiger partial charge in [-0.2, -0.15) is 0 Å². The molecule has 0 saturated carbocycles. The lowest BCUT2D eigenvalue weighted by Crippen LogP contribution is -2.10. The van der Waals surface area contributed by atoms with Gasteiger partial charge in [-0.15, -0.1) is 0 Å². The summed E-state index contributed by atoms with van der Waals surface area (Å²) in [5.74, 6) is 0.599. The van der Waals surface area contributed by atoms with Gasteiger partial charge in [0.2, 0.25) is 0 Å². The number of aryl methyl sites for hydroxylation is 1. The summed E-state index contributed by atoms with van der Waals surface area (Å²) in [5, 5.41) is 2.79. The van der Waals surface area contributed by atoms with E-state index in [4.69, 9.17) is 0 Å². The van der Waals surface area contributed by atoms with E-state index < -0.39 is 0 Å². The van der Waals surface area contributed by atoms with Gasteiger partial charge in [0.15, 0.2) is 0 Å². The molecule has 1 heterocycles. The Morgan fingerprint density at radius 1 is 1.06 bits per heavy atom. The molecule has 0 bridgehead atoms. The van der Waals surface area contributed by atoms with E-state index in [0.717, 1.165) is 0 Å². The Hall–Kier alpha value is -1.37. The van der Waals surface area contributed by atoms with E-state index in [9.17, 15) is 0 Å². The molecule has 1 heteroatoms. The molecule has 1 aromatic carbocycles. The van der Waals surface area contributed by atoms with Crippen LogP contribution in [0.1, 0.15) is 54.9 Å². The Balaban J connectivity index is 2.44. The smallest absolute Gasteiger partial charge is 0.0349 e. The van der Waals surface area contributed by atoms with E-state index in [1.165, 1.54) is 42.0 Å². The highest BCUT2D eigenvalue weighted by atomic mass is 14.6. The maximum atomic E-state index is 4.32. The van der Waals surface area contributed by atoms with Crippen LogP contribution in [-0.4, -0.2) is 4.98 Å². The summed E-state index contributed by atoms with van der Waals surface area (Å²) in [6.45, 7) is 6.91. The van der Waals surface area contributed by atoms with Crippen LogP contribution in [0.25, 0.3) is 10.8 Å². The molecule has 0 unspecified atom stereocenters. The molecule has 18 heavy (non-hydrogen) atoms. The van der Waals surface area contributed by atoms with Gasteiger partial charge in [0, 0.05) is 17.8 Å². The molecule has 0 fully saturated rings. The molecular formula is C17H21N. The third-order valence-corrected chi connectivity index (χ3v) is 4.34. The van der Waals surface area contributed by atoms with Gasteiger partial charge in [-0.05, 0) is 72.2 Å². The molecule has 0 N–H and O–H groups in total. The highest BCUT2D eigenvalue weighted by Crippen LogP contribution is 2.37. The zero-order valence-corrected chi connectivity index (χ0v) is 11.6. The molecule has 0 spiro atoms. The lowest BCUT2D eigenvalue weighted by atomic mass is 9.79. The molecule has 1 aliphatic rings. The van der Waals surface area contributed by atoms with E-state index in [1.807, 2.05) is 12.4 Å². The van der Waals surface area contributed by atoms with Gasteiger partial charge in [-0.3, -0.25) is 4.98 Å². The summed E-state index contributed by atoms with van der Waals surface area (Å²) in [6, 6.07) is 2.20. The van der Waals surface area contributed by atoms with Gasteiger partial charge in [-0.25, -0.2) is 0 Å². The standard InChI is InChI=1S/C17H21N/c1-11(2)17-14-7-5-4-6-13(14)12(3)16-10-18-9-8-15(16)17/h8-11H,4-7H2,1-3H3. The zero-order chi connectivity index (χ0) is 12.7. The molecule has 0 saturated heterocycles. The number of pyridine rings is 1. The molecule has 0 amide bonds. The Morgan fingerprint density at radius 2 is 1.78 bits per heavy atom. The van der Waals surface area contributed by atoms with Crippen molar-refractivity contribution in [2.24, 2.45) is 0 Å². The maximum Gasteiger partial charge on any atom is 0.0349 e. The van der Waals surface area contributed by atoms with Crippen molar-refractivity contribution in [2.45, 2.75) is 52.4 Å². The largest absolute Gasteiger partial charge is 0.264 e. The average molecular weight is 239 g/mol. The van der Waals surface area contributed by atoms with Crippen molar-refractivity contribution >= 4 is 10.8 Å². The highest BCUT2D eigenvalue weighted by Gasteiger charge is 2.20. The number of nitrogens with zero attached hydrogens (tertiary/aromatic N) is 1. The van der Waals surface area contributed by atoms with Crippen LogP contribution in [-0.2, 0) is 12.8 Å². The molecule has 94 valence electrons. The summed E-state index contributed by atoms with van der Waals surface area (Å²) in [7, 11) is 0. The summed E-state index contributed by atoms with van der Waals surface area (Å²) < 4.78 is 0. The van der Waals surface area contributed by atoms with Crippen molar-refractivity contribution in [3.05, 3.63) is 40.7 Å². The summed E-state index contributed by atoms with van der Waals surface area (Å²) in [6.07, 6.45) is 9.20. The van der Waals surface area contributed by atoms with Crippen LogP contribution < -0.4 is 0 Å². The normalized spacial score (nSPS) is 15.1. The predicted octanol–water partition coefficient (Wildman–Crippen LogP) is 4.55. The fraction of sp³-hybridized carbons (Fsp3) is 0.471. The molecule has 2 aromatic rings. The third kappa shape index (κ3) is 1.65. The highest BCUT2D eigenvalue weighted by molar-refractivity contribution is 5.90. The first-order valence-corrected chi connectivity index (χ1v) is 7.08. The fourth-order valence-electron chi connectivity index (χ4n) is 3.53. The van der Waals surface area contributed by atoms with Crippen molar-refractivity contribution in [3.8, 4) is 0 Å². The molecule has 3 rings (SSSR count). The van der Waals surface area contributed by atoms with Crippen molar-refractivity contribution in [1.82, 2.24) is 4.98 Å². The topological polar surface area (TPSA) is 12.9 Å². The van der Waals surface area contributed by atoms with Gasteiger partial charge < -0.3 is 0 Å². The van der Waals surface area contributed by atoms with Gasteiger partial charge in [-0.1, -0.05) is 13.8 Å². The monoisotopic (exact) mass is 239 g/mol. The Labute approximate surface area is 109 Å². The van der Waals surface area contributed by atoms with Crippen molar-refractivity contribution in [2.75, 3.05) is 0 Å². The van der Waals surface area contributed by atoms with E-state index in [-0.39, 0.29) is 0 Å². The number of aromatic nitrogens is 1. The first kappa shape index (κ1) is 11.7. The minimum absolute atomic E-state index is 0.599. The van der Waals surface area contributed by atoms with E-state index in [0.29, 0.717) is 5.92 Å². The van der Waals surface area contributed by atoms with Crippen molar-refractivity contribution < 1.29 is 0 Å². The van der Waals surface area contributed by atoms with E-state index >= 15 is 0 Å². The molecule has 1 aliphatic carbocycles. The fourth-order valence-corrected chi connectivity index (χ4v) is 3.53. The van der Waals surface area contributed by atoms with E-state index in [1.54, 1.807) is 16.7 Å². The van der Waals surface area contributed by atoms with Crippen LogP contribution in [0.5, 0.6) is 0 Å². The molecule has 0 radical (unpaired) electrons. The van der Waals surface area contributed by atoms with Gasteiger partial charge in [0.25, 0.3) is 0 Å². The SMILES string of the molecule is Cc1c2c(c(C(C)C)c3ccncc13)CCCC2. The zero-order valence-electron chi connectivity index (χ0n) is 11.6. The second-order valence-electron chi connectivity index (χ2n) is 5.78. The Kier molecular flexibility index (Phi) is 2.85. The van der Waals surface area contributed by atoms with Crippen LogP contribution in [0.3, 0.4) is 0 Å². The van der Waals surface area contributed by atoms with Crippen molar-refractivity contribution in [3.63, 3.8) is 0 Å². The number of fused-ring (bicyclic) bond motifs is 2. The molecule has 0 atom stereocenters. The van der Waals surface area contributed by atoms with Crippen molar-refractivity contribution in [1.29, 1.82) is 0 Å².